The van der Waals surface area contributed by atoms with Gasteiger partial charge in [0, 0.05) is 31.1 Å². The maximum Gasteiger partial charge on any atom is 0.405 e. The molecule has 0 aliphatic carbocycles. The van der Waals surface area contributed by atoms with Crippen LogP contribution in [0.15, 0.2) is 0 Å². The Morgan fingerprint density at radius 3 is 2.38 bits per heavy atom. The summed E-state index contributed by atoms with van der Waals surface area (Å²) in [5.41, 5.74) is 0.607. The van der Waals surface area contributed by atoms with Crippen LogP contribution in [0.3, 0.4) is 0 Å². The number of ether oxygens (including phenoxy) is 1. The van der Waals surface area contributed by atoms with Crippen LogP contribution < -0.4 is 10.2 Å². The van der Waals surface area contributed by atoms with Crippen LogP contribution in [0.5, 0.6) is 0 Å². The Kier molecular flexibility index (Phi) is 6.01. The van der Waals surface area contributed by atoms with Crippen LogP contribution in [0.4, 0.5) is 18.3 Å². The molecular weight excluding hydrogens is 303 g/mol. The SMILES string of the molecule is COCc1nc(N(C)CC(F)(F)F)sc1CNC(C)(C)C. The minimum absolute atomic E-state index is 0.0770. The van der Waals surface area contributed by atoms with Crippen molar-refractivity contribution in [2.45, 2.75) is 45.6 Å². The molecule has 1 rings (SSSR count). The number of methoxy groups -OCH3 is 1. The molecule has 122 valence electrons. The third-order valence-electron chi connectivity index (χ3n) is 2.57. The topological polar surface area (TPSA) is 37.4 Å². The maximum atomic E-state index is 12.4. The van der Waals surface area contributed by atoms with E-state index in [9.17, 15) is 13.2 Å². The molecule has 0 saturated carbocycles. The number of anilines is 1. The van der Waals surface area contributed by atoms with Crippen molar-refractivity contribution in [3.8, 4) is 0 Å². The number of thiazole rings is 1. The smallest absolute Gasteiger partial charge is 0.378 e. The van der Waals surface area contributed by atoms with Crippen molar-refractivity contribution in [3.05, 3.63) is 10.6 Å². The summed E-state index contributed by atoms with van der Waals surface area (Å²) in [6.45, 7) is 5.92. The second-order valence-electron chi connectivity index (χ2n) is 5.87. The fraction of sp³-hybridized carbons (Fsp3) is 0.769. The highest BCUT2D eigenvalue weighted by Gasteiger charge is 2.30. The zero-order valence-corrected chi connectivity index (χ0v) is 13.8. The van der Waals surface area contributed by atoms with Crippen LogP contribution in [0.2, 0.25) is 0 Å². The highest BCUT2D eigenvalue weighted by molar-refractivity contribution is 7.15. The Balaban J connectivity index is 2.87. The Hall–Kier alpha value is -0.860. The van der Waals surface area contributed by atoms with Gasteiger partial charge in [-0.05, 0) is 20.8 Å². The van der Waals surface area contributed by atoms with Gasteiger partial charge in [-0.15, -0.1) is 11.3 Å². The van der Waals surface area contributed by atoms with Crippen molar-refractivity contribution in [1.29, 1.82) is 0 Å². The van der Waals surface area contributed by atoms with Crippen LogP contribution in [-0.2, 0) is 17.9 Å². The number of hydrogen-bond donors (Lipinski definition) is 1. The molecule has 4 nitrogen and oxygen atoms in total. The summed E-state index contributed by atoms with van der Waals surface area (Å²) in [5, 5.41) is 3.66. The first-order chi connectivity index (χ1) is 9.52. The normalized spacial score (nSPS) is 12.8. The molecular formula is C13H22F3N3OS. The Morgan fingerprint density at radius 1 is 1.29 bits per heavy atom. The van der Waals surface area contributed by atoms with Gasteiger partial charge in [0.25, 0.3) is 0 Å². The average molecular weight is 325 g/mol. The van der Waals surface area contributed by atoms with E-state index in [-0.39, 0.29) is 12.1 Å². The molecule has 0 bridgehead atoms. The molecule has 0 aliphatic rings. The van der Waals surface area contributed by atoms with Crippen LogP contribution in [0, 0.1) is 0 Å². The minimum Gasteiger partial charge on any atom is -0.378 e. The fourth-order valence-corrected chi connectivity index (χ4v) is 2.57. The van der Waals surface area contributed by atoms with Gasteiger partial charge in [-0.2, -0.15) is 13.2 Å². The Labute approximate surface area is 127 Å². The van der Waals surface area contributed by atoms with Crippen LogP contribution in [0.25, 0.3) is 0 Å². The first kappa shape index (κ1) is 18.2. The van der Waals surface area contributed by atoms with Gasteiger partial charge < -0.3 is 15.0 Å². The van der Waals surface area contributed by atoms with Crippen molar-refractivity contribution in [1.82, 2.24) is 10.3 Å². The predicted octanol–water partition coefficient (Wildman–Crippen LogP) is 3.18. The van der Waals surface area contributed by atoms with E-state index in [1.165, 1.54) is 18.4 Å². The first-order valence-electron chi connectivity index (χ1n) is 6.52. The quantitative estimate of drug-likeness (QED) is 0.872. The number of nitrogens with one attached hydrogen (secondary N) is 1. The highest BCUT2D eigenvalue weighted by Crippen LogP contribution is 2.29. The lowest BCUT2D eigenvalue weighted by molar-refractivity contribution is -0.119. The van der Waals surface area contributed by atoms with Gasteiger partial charge in [0.2, 0.25) is 0 Å². The van der Waals surface area contributed by atoms with E-state index in [2.05, 4.69) is 10.3 Å². The molecule has 0 spiro atoms. The number of alkyl halides is 3. The molecule has 1 aromatic rings. The molecule has 1 N–H and O–H groups in total. The monoisotopic (exact) mass is 325 g/mol. The maximum absolute atomic E-state index is 12.4. The van der Waals surface area contributed by atoms with E-state index < -0.39 is 12.7 Å². The van der Waals surface area contributed by atoms with Gasteiger partial charge in [0.15, 0.2) is 5.13 Å². The van der Waals surface area contributed by atoms with Gasteiger partial charge >= 0.3 is 6.18 Å². The lowest BCUT2D eigenvalue weighted by Crippen LogP contribution is -2.35. The summed E-state index contributed by atoms with van der Waals surface area (Å²) >= 11 is 1.26. The molecule has 0 atom stereocenters. The van der Waals surface area contributed by atoms with Crippen LogP contribution in [0.1, 0.15) is 31.3 Å². The van der Waals surface area contributed by atoms with Crippen molar-refractivity contribution in [3.63, 3.8) is 0 Å². The van der Waals surface area contributed by atoms with Gasteiger partial charge in [0.05, 0.1) is 12.3 Å². The average Bonchev–Trinajstić information content (AvgIpc) is 2.67. The van der Waals surface area contributed by atoms with E-state index in [1.807, 2.05) is 20.8 Å². The molecule has 0 radical (unpaired) electrons. The number of aromatic nitrogens is 1. The molecule has 0 fully saturated rings. The standard InChI is InChI=1S/C13H22F3N3OS/c1-12(2,3)17-6-10-9(7-20-5)18-11(21-10)19(4)8-13(14,15)16/h17H,6-8H2,1-5H3. The lowest BCUT2D eigenvalue weighted by atomic mass is 10.1. The number of hydrogen-bond acceptors (Lipinski definition) is 5. The molecule has 0 aromatic carbocycles. The highest BCUT2D eigenvalue weighted by atomic mass is 32.1. The van der Waals surface area contributed by atoms with Crippen molar-refractivity contribution in [2.24, 2.45) is 0 Å². The third-order valence-corrected chi connectivity index (χ3v) is 3.78. The zero-order chi connectivity index (χ0) is 16.3. The largest absolute Gasteiger partial charge is 0.405 e. The molecule has 0 aliphatic heterocycles. The zero-order valence-electron chi connectivity index (χ0n) is 13.0. The van der Waals surface area contributed by atoms with Crippen LogP contribution >= 0.6 is 11.3 Å². The summed E-state index contributed by atoms with van der Waals surface area (Å²) < 4.78 is 42.4. The molecule has 1 heterocycles. The summed E-state index contributed by atoms with van der Waals surface area (Å²) in [5.74, 6) is 0. The fourth-order valence-electron chi connectivity index (χ4n) is 1.60. The van der Waals surface area contributed by atoms with Gasteiger partial charge in [-0.3, -0.25) is 0 Å². The number of halogens is 3. The van der Waals surface area contributed by atoms with Crippen molar-refractivity contribution >= 4 is 16.5 Å². The molecule has 8 heteroatoms. The van der Waals surface area contributed by atoms with Crippen molar-refractivity contribution in [2.75, 3.05) is 25.6 Å². The summed E-state index contributed by atoms with van der Waals surface area (Å²) in [4.78, 5) is 6.28. The number of nitrogens with zero attached hydrogens (tertiary/aromatic N) is 2. The molecule has 0 amide bonds. The summed E-state index contributed by atoms with van der Waals surface area (Å²) in [6, 6.07) is 0. The Morgan fingerprint density at radius 2 is 1.90 bits per heavy atom. The molecule has 1 aromatic heterocycles. The minimum atomic E-state index is -4.24. The molecule has 21 heavy (non-hydrogen) atoms. The Bertz CT molecular complexity index is 454. The second-order valence-corrected chi connectivity index (χ2v) is 6.94. The van der Waals surface area contributed by atoms with Gasteiger partial charge in [-0.25, -0.2) is 4.98 Å². The second kappa shape index (κ2) is 6.93. The predicted molar refractivity (Wildman–Crippen MR) is 78.7 cm³/mol. The van der Waals surface area contributed by atoms with Gasteiger partial charge in [-0.1, -0.05) is 0 Å². The molecule has 0 saturated heterocycles. The summed E-state index contributed by atoms with van der Waals surface area (Å²) in [7, 11) is 2.93. The van der Waals surface area contributed by atoms with Crippen molar-refractivity contribution < 1.29 is 17.9 Å². The van der Waals surface area contributed by atoms with E-state index in [0.717, 1.165) is 9.78 Å². The third kappa shape index (κ3) is 6.62. The molecule has 0 unspecified atom stereocenters. The number of rotatable bonds is 6. The van der Waals surface area contributed by atoms with Gasteiger partial charge in [0.1, 0.15) is 6.54 Å². The summed E-state index contributed by atoms with van der Waals surface area (Å²) in [6.07, 6.45) is -4.24. The first-order valence-corrected chi connectivity index (χ1v) is 7.34. The van der Waals surface area contributed by atoms with E-state index in [1.54, 1.807) is 7.11 Å². The van der Waals surface area contributed by atoms with E-state index >= 15 is 0 Å². The van der Waals surface area contributed by atoms with Crippen LogP contribution in [-0.4, -0.2) is 37.4 Å². The van der Waals surface area contributed by atoms with E-state index in [0.29, 0.717) is 17.4 Å². The lowest BCUT2D eigenvalue weighted by Gasteiger charge is -2.20. The van der Waals surface area contributed by atoms with E-state index in [4.69, 9.17) is 4.74 Å².